The van der Waals surface area contributed by atoms with Gasteiger partial charge in [0.2, 0.25) is 0 Å². The van der Waals surface area contributed by atoms with Gasteiger partial charge in [-0.2, -0.15) is 0 Å². The van der Waals surface area contributed by atoms with Gasteiger partial charge in [-0.15, -0.1) is 11.6 Å². The highest BCUT2D eigenvalue weighted by Gasteiger charge is 2.26. The SMILES string of the molecule is Clc1ccc(C(Cl)C2CCC2)cc1Cl. The molecule has 14 heavy (non-hydrogen) atoms. The average molecular weight is 250 g/mol. The van der Waals surface area contributed by atoms with Gasteiger partial charge in [0.25, 0.3) is 0 Å². The lowest BCUT2D eigenvalue weighted by atomic mass is 9.80. The van der Waals surface area contributed by atoms with Gasteiger partial charge >= 0.3 is 0 Å². The summed E-state index contributed by atoms with van der Waals surface area (Å²) in [5.74, 6) is 0.619. The molecule has 0 radical (unpaired) electrons. The molecular weight excluding hydrogens is 238 g/mol. The number of hydrogen-bond donors (Lipinski definition) is 0. The van der Waals surface area contributed by atoms with Crippen LogP contribution in [-0.4, -0.2) is 0 Å². The summed E-state index contributed by atoms with van der Waals surface area (Å²) >= 11 is 18.1. The van der Waals surface area contributed by atoms with E-state index in [1.807, 2.05) is 18.2 Å². The fraction of sp³-hybridized carbons (Fsp3) is 0.455. The third-order valence-electron chi connectivity index (χ3n) is 2.83. The van der Waals surface area contributed by atoms with Crippen LogP contribution in [0, 0.1) is 5.92 Å². The Morgan fingerprint density at radius 1 is 1.14 bits per heavy atom. The van der Waals surface area contributed by atoms with E-state index in [1.165, 1.54) is 19.3 Å². The molecule has 1 unspecified atom stereocenters. The zero-order valence-corrected chi connectivity index (χ0v) is 9.91. The summed E-state index contributed by atoms with van der Waals surface area (Å²) in [5.41, 5.74) is 1.09. The molecule has 0 heterocycles. The molecule has 1 atom stereocenters. The second kappa shape index (κ2) is 4.30. The van der Waals surface area contributed by atoms with E-state index in [2.05, 4.69) is 0 Å². The van der Waals surface area contributed by atoms with Crippen LogP contribution < -0.4 is 0 Å². The standard InChI is InChI=1S/C11H11Cl3/c12-9-5-4-8(6-10(9)13)11(14)7-2-1-3-7/h4-7,11H,1-3H2. The lowest BCUT2D eigenvalue weighted by Gasteiger charge is -2.30. The number of hydrogen-bond acceptors (Lipinski definition) is 0. The maximum absolute atomic E-state index is 6.33. The molecule has 1 aliphatic carbocycles. The molecule has 2 rings (SSSR count). The summed E-state index contributed by atoms with van der Waals surface area (Å²) in [5, 5.41) is 1.28. The Labute approximate surface area is 99.2 Å². The third kappa shape index (κ3) is 2.03. The molecular formula is C11H11Cl3. The first-order valence-corrected chi connectivity index (χ1v) is 5.97. The Hall–Kier alpha value is 0.0900. The number of alkyl halides is 1. The van der Waals surface area contributed by atoms with Gasteiger partial charge in [0.15, 0.2) is 0 Å². The van der Waals surface area contributed by atoms with Crippen molar-refractivity contribution in [2.24, 2.45) is 5.92 Å². The lowest BCUT2D eigenvalue weighted by Crippen LogP contribution is -2.16. The van der Waals surface area contributed by atoms with Gasteiger partial charge in [-0.25, -0.2) is 0 Å². The summed E-state index contributed by atoms with van der Waals surface area (Å²) in [7, 11) is 0. The molecule has 1 saturated carbocycles. The molecule has 0 bridgehead atoms. The van der Waals surface area contributed by atoms with Crippen molar-refractivity contribution in [1.82, 2.24) is 0 Å². The van der Waals surface area contributed by atoms with E-state index >= 15 is 0 Å². The van der Waals surface area contributed by atoms with Crippen molar-refractivity contribution >= 4 is 34.8 Å². The van der Waals surface area contributed by atoms with E-state index in [4.69, 9.17) is 34.8 Å². The van der Waals surface area contributed by atoms with Crippen LogP contribution in [0.5, 0.6) is 0 Å². The van der Waals surface area contributed by atoms with E-state index in [1.54, 1.807) is 0 Å². The van der Waals surface area contributed by atoms with Crippen LogP contribution in [0.15, 0.2) is 18.2 Å². The van der Waals surface area contributed by atoms with Gasteiger partial charge in [-0.3, -0.25) is 0 Å². The van der Waals surface area contributed by atoms with Crippen LogP contribution in [0.1, 0.15) is 30.2 Å². The summed E-state index contributed by atoms with van der Waals surface area (Å²) in [4.78, 5) is 0. The molecule has 0 nitrogen and oxygen atoms in total. The first kappa shape index (κ1) is 10.6. The Balaban J connectivity index is 2.18. The fourth-order valence-electron chi connectivity index (χ4n) is 1.69. The Morgan fingerprint density at radius 3 is 2.36 bits per heavy atom. The van der Waals surface area contributed by atoms with E-state index in [0.29, 0.717) is 16.0 Å². The smallest absolute Gasteiger partial charge is 0.0613 e. The minimum Gasteiger partial charge on any atom is -0.118 e. The predicted octanol–water partition coefficient (Wildman–Crippen LogP) is 5.07. The van der Waals surface area contributed by atoms with Crippen LogP contribution >= 0.6 is 34.8 Å². The molecule has 0 aromatic heterocycles. The quantitative estimate of drug-likeness (QED) is 0.642. The van der Waals surface area contributed by atoms with Crippen LogP contribution in [0.4, 0.5) is 0 Å². The van der Waals surface area contributed by atoms with E-state index in [9.17, 15) is 0 Å². The van der Waals surface area contributed by atoms with Gasteiger partial charge in [-0.1, -0.05) is 35.7 Å². The summed E-state index contributed by atoms with van der Waals surface area (Å²) in [6.45, 7) is 0. The number of rotatable bonds is 2. The van der Waals surface area contributed by atoms with Crippen molar-refractivity contribution in [3.63, 3.8) is 0 Å². The Kier molecular flexibility index (Phi) is 3.26. The van der Waals surface area contributed by atoms with Crippen LogP contribution in [0.2, 0.25) is 10.0 Å². The van der Waals surface area contributed by atoms with Crippen molar-refractivity contribution in [1.29, 1.82) is 0 Å². The lowest BCUT2D eigenvalue weighted by molar-refractivity contribution is 0.305. The van der Waals surface area contributed by atoms with Crippen molar-refractivity contribution in [3.05, 3.63) is 33.8 Å². The van der Waals surface area contributed by atoms with Gasteiger partial charge in [0.1, 0.15) is 0 Å². The van der Waals surface area contributed by atoms with E-state index in [0.717, 1.165) is 5.56 Å². The van der Waals surface area contributed by atoms with Gasteiger partial charge in [-0.05, 0) is 36.5 Å². The highest BCUT2D eigenvalue weighted by atomic mass is 35.5. The Morgan fingerprint density at radius 2 is 1.86 bits per heavy atom. The van der Waals surface area contributed by atoms with E-state index < -0.39 is 0 Å². The molecule has 0 aliphatic heterocycles. The van der Waals surface area contributed by atoms with Gasteiger partial charge in [0.05, 0.1) is 15.4 Å². The van der Waals surface area contributed by atoms with Crippen LogP contribution in [0.3, 0.4) is 0 Å². The fourth-order valence-corrected chi connectivity index (χ4v) is 2.38. The topological polar surface area (TPSA) is 0 Å². The predicted molar refractivity (Wildman–Crippen MR) is 62.4 cm³/mol. The number of halogens is 3. The second-order valence-electron chi connectivity index (χ2n) is 3.77. The average Bonchev–Trinajstić information content (AvgIpc) is 2.06. The van der Waals surface area contributed by atoms with Gasteiger partial charge < -0.3 is 0 Å². The summed E-state index contributed by atoms with van der Waals surface area (Å²) in [6.07, 6.45) is 3.76. The highest BCUT2D eigenvalue weighted by molar-refractivity contribution is 6.42. The molecule has 3 heteroatoms. The molecule has 1 fully saturated rings. The molecule has 0 spiro atoms. The summed E-state index contributed by atoms with van der Waals surface area (Å²) in [6, 6.07) is 5.65. The zero-order valence-electron chi connectivity index (χ0n) is 7.64. The first-order chi connectivity index (χ1) is 6.68. The number of benzene rings is 1. The van der Waals surface area contributed by atoms with E-state index in [-0.39, 0.29) is 5.38 Å². The largest absolute Gasteiger partial charge is 0.118 e. The molecule has 1 aromatic rings. The van der Waals surface area contributed by atoms with Crippen LogP contribution in [-0.2, 0) is 0 Å². The van der Waals surface area contributed by atoms with Crippen molar-refractivity contribution in [3.8, 4) is 0 Å². The minimum absolute atomic E-state index is 0.0958. The first-order valence-electron chi connectivity index (χ1n) is 4.77. The molecule has 1 aliphatic rings. The maximum Gasteiger partial charge on any atom is 0.0613 e. The Bertz CT molecular complexity index is 331. The third-order valence-corrected chi connectivity index (χ3v) is 4.17. The minimum atomic E-state index is 0.0958. The normalized spacial score (nSPS) is 19.1. The molecule has 76 valence electrons. The maximum atomic E-state index is 6.33. The van der Waals surface area contributed by atoms with Crippen LogP contribution in [0.25, 0.3) is 0 Å². The molecule has 1 aromatic carbocycles. The van der Waals surface area contributed by atoms with Crippen molar-refractivity contribution in [2.45, 2.75) is 24.6 Å². The molecule has 0 N–H and O–H groups in total. The van der Waals surface area contributed by atoms with Crippen molar-refractivity contribution < 1.29 is 0 Å². The highest BCUT2D eigenvalue weighted by Crippen LogP contribution is 2.42. The summed E-state index contributed by atoms with van der Waals surface area (Å²) < 4.78 is 0. The monoisotopic (exact) mass is 248 g/mol. The second-order valence-corrected chi connectivity index (χ2v) is 5.05. The molecule has 0 amide bonds. The zero-order chi connectivity index (χ0) is 10.1. The molecule has 0 saturated heterocycles. The van der Waals surface area contributed by atoms with Gasteiger partial charge in [0, 0.05) is 0 Å². The van der Waals surface area contributed by atoms with Crippen molar-refractivity contribution in [2.75, 3.05) is 0 Å².